The van der Waals surface area contributed by atoms with E-state index < -0.39 is 0 Å². The number of ether oxygens (including phenoxy) is 2. The van der Waals surface area contributed by atoms with Crippen LogP contribution >= 0.6 is 11.3 Å². The number of methoxy groups -OCH3 is 2. The molecule has 0 saturated heterocycles. The Morgan fingerprint density at radius 1 is 1.24 bits per heavy atom. The van der Waals surface area contributed by atoms with E-state index in [2.05, 4.69) is 20.7 Å². The first kappa shape index (κ1) is 16.9. The summed E-state index contributed by atoms with van der Waals surface area (Å²) in [5, 5.41) is 16.8. The zero-order chi connectivity index (χ0) is 17.6. The minimum Gasteiger partial charge on any atom is -0.493 e. The number of aromatic nitrogens is 4. The number of tetrazole rings is 1. The van der Waals surface area contributed by atoms with Gasteiger partial charge in [0.25, 0.3) is 0 Å². The fraction of sp³-hybridized carbons (Fsp3) is 0.250. The first-order chi connectivity index (χ1) is 12.2. The summed E-state index contributed by atoms with van der Waals surface area (Å²) in [4.78, 5) is 14.3. The van der Waals surface area contributed by atoms with E-state index >= 15 is 0 Å². The van der Waals surface area contributed by atoms with Crippen LogP contribution in [0.2, 0.25) is 0 Å². The molecular weight excluding hydrogens is 342 g/mol. The van der Waals surface area contributed by atoms with Crippen LogP contribution in [0.5, 0.6) is 11.5 Å². The molecule has 1 amide bonds. The van der Waals surface area contributed by atoms with E-state index in [0.29, 0.717) is 23.9 Å². The minimum absolute atomic E-state index is 0.00562. The van der Waals surface area contributed by atoms with Gasteiger partial charge in [0.05, 0.1) is 19.1 Å². The number of hydrogen-bond donors (Lipinski definition) is 1. The van der Waals surface area contributed by atoms with Gasteiger partial charge < -0.3 is 14.8 Å². The highest BCUT2D eigenvalue weighted by molar-refractivity contribution is 7.13. The molecule has 0 atom stereocenters. The van der Waals surface area contributed by atoms with Crippen LogP contribution in [0.3, 0.4) is 0 Å². The third-order valence-electron chi connectivity index (χ3n) is 3.42. The lowest BCUT2D eigenvalue weighted by molar-refractivity contribution is -0.122. The second-order valence-electron chi connectivity index (χ2n) is 5.09. The van der Waals surface area contributed by atoms with Crippen molar-refractivity contribution in [3.63, 3.8) is 0 Å². The number of benzene rings is 1. The molecule has 0 radical (unpaired) electrons. The average molecular weight is 359 g/mol. The fourth-order valence-corrected chi connectivity index (χ4v) is 2.84. The lowest BCUT2D eigenvalue weighted by atomic mass is 10.2. The van der Waals surface area contributed by atoms with Gasteiger partial charge in [-0.05, 0) is 34.4 Å². The first-order valence-corrected chi connectivity index (χ1v) is 8.37. The Labute approximate surface area is 148 Å². The third kappa shape index (κ3) is 4.13. The Balaban J connectivity index is 1.56. The van der Waals surface area contributed by atoms with Crippen LogP contribution in [0.4, 0.5) is 0 Å². The van der Waals surface area contributed by atoms with Gasteiger partial charge in [-0.15, -0.1) is 21.5 Å². The molecule has 0 bridgehead atoms. The number of hydrogen-bond acceptors (Lipinski definition) is 7. The molecule has 0 aliphatic heterocycles. The zero-order valence-electron chi connectivity index (χ0n) is 13.8. The summed E-state index contributed by atoms with van der Waals surface area (Å²) in [6.45, 7) is 0.372. The van der Waals surface area contributed by atoms with Crippen LogP contribution in [-0.4, -0.2) is 40.3 Å². The van der Waals surface area contributed by atoms with Crippen LogP contribution < -0.4 is 14.8 Å². The molecule has 0 saturated carbocycles. The van der Waals surface area contributed by atoms with E-state index in [1.807, 2.05) is 29.6 Å². The predicted molar refractivity (Wildman–Crippen MR) is 92.5 cm³/mol. The van der Waals surface area contributed by atoms with Gasteiger partial charge in [-0.3, -0.25) is 4.79 Å². The van der Waals surface area contributed by atoms with Crippen molar-refractivity contribution >= 4 is 17.2 Å². The Bertz CT molecular complexity index is 847. The summed E-state index contributed by atoms with van der Waals surface area (Å²) in [5.41, 5.74) is 0.900. The number of thiophene rings is 1. The quantitative estimate of drug-likeness (QED) is 0.691. The molecule has 8 nitrogen and oxygen atoms in total. The van der Waals surface area contributed by atoms with E-state index in [0.717, 1.165) is 10.4 Å². The zero-order valence-corrected chi connectivity index (χ0v) is 14.6. The SMILES string of the molecule is COc1ccc(CNC(=O)Cn2nnc(-c3cccs3)n2)cc1OC. The Morgan fingerprint density at radius 3 is 2.80 bits per heavy atom. The van der Waals surface area contributed by atoms with Gasteiger partial charge in [-0.1, -0.05) is 12.1 Å². The summed E-state index contributed by atoms with van der Waals surface area (Å²) in [6, 6.07) is 9.30. The smallest absolute Gasteiger partial charge is 0.243 e. The van der Waals surface area contributed by atoms with Crippen molar-refractivity contribution in [3.8, 4) is 22.2 Å². The van der Waals surface area contributed by atoms with Crippen molar-refractivity contribution in [2.24, 2.45) is 0 Å². The standard InChI is InChI=1S/C16H17N5O3S/c1-23-12-6-5-11(8-13(12)24-2)9-17-15(22)10-21-19-16(18-20-21)14-4-3-7-25-14/h3-8H,9-10H2,1-2H3,(H,17,22). The van der Waals surface area contributed by atoms with E-state index in [9.17, 15) is 4.79 Å². The van der Waals surface area contributed by atoms with Crippen LogP contribution in [0.15, 0.2) is 35.7 Å². The number of nitrogens with one attached hydrogen (secondary N) is 1. The highest BCUT2D eigenvalue weighted by Crippen LogP contribution is 2.27. The van der Waals surface area contributed by atoms with Crippen molar-refractivity contribution in [2.75, 3.05) is 14.2 Å². The lowest BCUT2D eigenvalue weighted by Gasteiger charge is -2.10. The van der Waals surface area contributed by atoms with Crippen molar-refractivity contribution in [2.45, 2.75) is 13.1 Å². The van der Waals surface area contributed by atoms with Crippen molar-refractivity contribution in [3.05, 3.63) is 41.3 Å². The molecule has 0 spiro atoms. The van der Waals surface area contributed by atoms with Crippen LogP contribution in [0.1, 0.15) is 5.56 Å². The molecule has 9 heteroatoms. The molecule has 130 valence electrons. The van der Waals surface area contributed by atoms with E-state index in [1.165, 1.54) is 16.1 Å². The molecule has 2 aromatic heterocycles. The van der Waals surface area contributed by atoms with Gasteiger partial charge in [0.15, 0.2) is 11.5 Å². The maximum absolute atomic E-state index is 12.1. The van der Waals surface area contributed by atoms with Gasteiger partial charge in [-0.2, -0.15) is 4.80 Å². The molecule has 25 heavy (non-hydrogen) atoms. The maximum Gasteiger partial charge on any atom is 0.243 e. The van der Waals surface area contributed by atoms with Gasteiger partial charge in [0.2, 0.25) is 11.7 Å². The molecule has 3 rings (SSSR count). The first-order valence-electron chi connectivity index (χ1n) is 7.49. The molecule has 0 unspecified atom stereocenters. The summed E-state index contributed by atoms with van der Waals surface area (Å²) >= 11 is 1.52. The van der Waals surface area contributed by atoms with E-state index in [1.54, 1.807) is 20.3 Å². The summed E-state index contributed by atoms with van der Waals surface area (Å²) in [7, 11) is 3.15. The highest BCUT2D eigenvalue weighted by Gasteiger charge is 2.10. The fourth-order valence-electron chi connectivity index (χ4n) is 2.19. The van der Waals surface area contributed by atoms with Gasteiger partial charge in [0.1, 0.15) is 6.54 Å². The highest BCUT2D eigenvalue weighted by atomic mass is 32.1. The molecule has 1 N–H and O–H groups in total. The van der Waals surface area contributed by atoms with Crippen LogP contribution in [-0.2, 0) is 17.9 Å². The third-order valence-corrected chi connectivity index (χ3v) is 4.28. The summed E-state index contributed by atoms with van der Waals surface area (Å²) < 4.78 is 10.4. The Hall–Kier alpha value is -2.94. The average Bonchev–Trinajstić information content (AvgIpc) is 3.31. The van der Waals surface area contributed by atoms with Crippen molar-refractivity contribution in [1.82, 2.24) is 25.5 Å². The van der Waals surface area contributed by atoms with Crippen molar-refractivity contribution in [1.29, 1.82) is 0 Å². The molecule has 0 fully saturated rings. The molecule has 0 aliphatic rings. The maximum atomic E-state index is 12.1. The van der Waals surface area contributed by atoms with Gasteiger partial charge in [0, 0.05) is 6.54 Å². The molecule has 0 aliphatic carbocycles. The molecular formula is C16H17N5O3S. The molecule has 2 heterocycles. The van der Waals surface area contributed by atoms with Crippen LogP contribution in [0, 0.1) is 0 Å². The molecule has 1 aromatic carbocycles. The van der Waals surface area contributed by atoms with E-state index in [-0.39, 0.29) is 12.5 Å². The number of carbonyl (C=O) groups excluding carboxylic acids is 1. The lowest BCUT2D eigenvalue weighted by Crippen LogP contribution is -2.28. The molecule has 3 aromatic rings. The summed E-state index contributed by atoms with van der Waals surface area (Å²) in [5.74, 6) is 1.57. The second-order valence-corrected chi connectivity index (χ2v) is 6.03. The largest absolute Gasteiger partial charge is 0.493 e. The second kappa shape index (κ2) is 7.75. The van der Waals surface area contributed by atoms with Gasteiger partial charge in [-0.25, -0.2) is 0 Å². The van der Waals surface area contributed by atoms with Crippen molar-refractivity contribution < 1.29 is 14.3 Å². The van der Waals surface area contributed by atoms with Crippen LogP contribution in [0.25, 0.3) is 10.7 Å². The monoisotopic (exact) mass is 359 g/mol. The minimum atomic E-state index is -0.204. The number of nitrogens with zero attached hydrogens (tertiary/aromatic N) is 4. The topological polar surface area (TPSA) is 91.2 Å². The Kier molecular flexibility index (Phi) is 5.24. The number of rotatable bonds is 7. The van der Waals surface area contributed by atoms with E-state index in [4.69, 9.17) is 9.47 Å². The van der Waals surface area contributed by atoms with Gasteiger partial charge >= 0.3 is 0 Å². The predicted octanol–water partition coefficient (Wildman–Crippen LogP) is 1.74. The normalized spacial score (nSPS) is 10.5. The number of amides is 1. The Morgan fingerprint density at radius 2 is 2.08 bits per heavy atom. The summed E-state index contributed by atoms with van der Waals surface area (Å²) in [6.07, 6.45) is 0. The number of carbonyl (C=O) groups is 1.